The zero-order valence-electron chi connectivity index (χ0n) is 10.2. The van der Waals surface area contributed by atoms with E-state index in [1.54, 1.807) is 0 Å². The van der Waals surface area contributed by atoms with Gasteiger partial charge in [-0.25, -0.2) is 0 Å². The number of halogens is 2. The SMILES string of the molecule is C[n+]1c2ccccc2c(C(=O)Cl)c2ccccc21.[Cl-]. The minimum Gasteiger partial charge on any atom is -1.00 e. The second-order valence-corrected chi connectivity index (χ2v) is 4.59. The minimum atomic E-state index is -0.414. The summed E-state index contributed by atoms with van der Waals surface area (Å²) < 4.78 is 2.08. The first-order valence-corrected chi connectivity index (χ1v) is 6.07. The highest BCUT2D eigenvalue weighted by atomic mass is 35.5. The van der Waals surface area contributed by atoms with Gasteiger partial charge < -0.3 is 12.4 Å². The van der Waals surface area contributed by atoms with Crippen molar-refractivity contribution in [2.24, 2.45) is 7.05 Å². The second kappa shape index (κ2) is 5.16. The summed E-state index contributed by atoms with van der Waals surface area (Å²) >= 11 is 5.77. The number of aromatic nitrogens is 1. The molecule has 0 unspecified atom stereocenters. The molecule has 1 aromatic heterocycles. The van der Waals surface area contributed by atoms with Crippen LogP contribution in [0.3, 0.4) is 0 Å². The summed E-state index contributed by atoms with van der Waals surface area (Å²) in [6.07, 6.45) is 0. The van der Waals surface area contributed by atoms with Gasteiger partial charge in [0.15, 0.2) is 0 Å². The van der Waals surface area contributed by atoms with E-state index in [2.05, 4.69) is 4.57 Å². The normalized spacial score (nSPS) is 10.4. The van der Waals surface area contributed by atoms with Crippen molar-refractivity contribution >= 4 is 38.6 Å². The Balaban J connectivity index is 0.00000133. The lowest BCUT2D eigenvalue weighted by Crippen LogP contribution is -3.00. The molecule has 0 spiro atoms. The molecule has 0 saturated carbocycles. The van der Waals surface area contributed by atoms with E-state index in [0.29, 0.717) is 5.56 Å². The van der Waals surface area contributed by atoms with Crippen LogP contribution < -0.4 is 17.0 Å². The molecule has 96 valence electrons. The third-order valence-corrected chi connectivity index (χ3v) is 3.46. The van der Waals surface area contributed by atoms with Gasteiger partial charge in [0.2, 0.25) is 11.0 Å². The number of carbonyl (C=O) groups excluding carboxylic acids is 1. The van der Waals surface area contributed by atoms with E-state index >= 15 is 0 Å². The molecular formula is C15H11Cl2NO. The van der Waals surface area contributed by atoms with Crippen molar-refractivity contribution in [3.8, 4) is 0 Å². The van der Waals surface area contributed by atoms with Crippen molar-refractivity contribution in [1.29, 1.82) is 0 Å². The van der Waals surface area contributed by atoms with Crippen LogP contribution in [0.2, 0.25) is 0 Å². The van der Waals surface area contributed by atoms with Crippen molar-refractivity contribution in [3.63, 3.8) is 0 Å². The van der Waals surface area contributed by atoms with E-state index in [4.69, 9.17) is 11.6 Å². The number of rotatable bonds is 1. The standard InChI is InChI=1S/C15H11ClNO.ClH/c1-17-12-8-4-2-6-10(12)14(15(16)18)11-7-3-5-9-13(11)17;/h2-9H,1H3;1H/q+1;/p-1. The molecule has 19 heavy (non-hydrogen) atoms. The molecule has 0 radical (unpaired) electrons. The third-order valence-electron chi connectivity index (χ3n) is 3.27. The predicted molar refractivity (Wildman–Crippen MR) is 72.8 cm³/mol. The molecule has 0 N–H and O–H groups in total. The first-order chi connectivity index (χ1) is 8.70. The van der Waals surface area contributed by atoms with E-state index < -0.39 is 5.24 Å². The first-order valence-electron chi connectivity index (χ1n) is 5.69. The van der Waals surface area contributed by atoms with Crippen LogP contribution in [-0.4, -0.2) is 5.24 Å². The zero-order valence-corrected chi connectivity index (χ0v) is 11.7. The van der Waals surface area contributed by atoms with Crippen LogP contribution in [0, 0.1) is 0 Å². The van der Waals surface area contributed by atoms with Gasteiger partial charge in [-0.15, -0.1) is 0 Å². The average Bonchev–Trinajstić information content (AvgIpc) is 2.39. The number of carbonyl (C=O) groups is 1. The quantitative estimate of drug-likeness (QED) is 0.357. The molecule has 0 fully saturated rings. The van der Waals surface area contributed by atoms with Crippen LogP contribution in [0.4, 0.5) is 0 Å². The predicted octanol–water partition coefficient (Wildman–Crippen LogP) is 0.200. The molecule has 2 aromatic carbocycles. The van der Waals surface area contributed by atoms with Gasteiger partial charge >= 0.3 is 0 Å². The Bertz CT molecular complexity index is 727. The van der Waals surface area contributed by atoms with Crippen molar-refractivity contribution in [2.75, 3.05) is 0 Å². The number of aryl methyl sites for hydroxylation is 1. The van der Waals surface area contributed by atoms with Gasteiger partial charge in [-0.2, -0.15) is 4.57 Å². The fourth-order valence-corrected chi connectivity index (χ4v) is 2.65. The van der Waals surface area contributed by atoms with Crippen LogP contribution in [-0.2, 0) is 7.05 Å². The number of fused-ring (bicyclic) bond motifs is 2. The molecule has 4 heteroatoms. The number of para-hydroxylation sites is 2. The number of hydrogen-bond acceptors (Lipinski definition) is 1. The van der Waals surface area contributed by atoms with E-state index in [1.165, 1.54) is 0 Å². The van der Waals surface area contributed by atoms with Gasteiger partial charge in [0.25, 0.3) is 5.24 Å². The van der Waals surface area contributed by atoms with E-state index in [-0.39, 0.29) is 12.4 Å². The maximum Gasteiger partial charge on any atom is 0.254 e. The van der Waals surface area contributed by atoms with E-state index in [9.17, 15) is 4.79 Å². The number of pyridine rings is 1. The van der Waals surface area contributed by atoms with Crippen LogP contribution >= 0.6 is 11.6 Å². The van der Waals surface area contributed by atoms with Gasteiger partial charge in [0, 0.05) is 12.1 Å². The smallest absolute Gasteiger partial charge is 0.254 e. The summed E-state index contributed by atoms with van der Waals surface area (Å²) in [5.41, 5.74) is 2.58. The molecule has 3 rings (SSSR count). The zero-order chi connectivity index (χ0) is 12.7. The fraction of sp³-hybridized carbons (Fsp3) is 0.0667. The molecule has 3 aromatic rings. The van der Waals surface area contributed by atoms with Gasteiger partial charge in [0.1, 0.15) is 7.05 Å². The largest absolute Gasteiger partial charge is 1.00 e. The van der Waals surface area contributed by atoms with Gasteiger partial charge in [-0.3, -0.25) is 4.79 Å². The summed E-state index contributed by atoms with van der Waals surface area (Å²) in [4.78, 5) is 11.7. The molecule has 0 saturated heterocycles. The maximum absolute atomic E-state index is 11.7. The first kappa shape index (κ1) is 13.8. The Morgan fingerprint density at radius 3 is 1.79 bits per heavy atom. The molecular weight excluding hydrogens is 281 g/mol. The van der Waals surface area contributed by atoms with Gasteiger partial charge in [-0.05, 0) is 23.7 Å². The topological polar surface area (TPSA) is 20.9 Å². The summed E-state index contributed by atoms with van der Waals surface area (Å²) in [5.74, 6) is 0. The van der Waals surface area contributed by atoms with E-state index in [1.807, 2.05) is 55.6 Å². The molecule has 2 nitrogen and oxygen atoms in total. The highest BCUT2D eigenvalue weighted by Crippen LogP contribution is 2.25. The Kier molecular flexibility index (Phi) is 3.74. The van der Waals surface area contributed by atoms with Crippen molar-refractivity contribution < 1.29 is 21.8 Å². The lowest BCUT2D eigenvalue weighted by molar-refractivity contribution is -0.617. The number of benzene rings is 2. The monoisotopic (exact) mass is 291 g/mol. The molecule has 0 atom stereocenters. The molecule has 0 aliphatic rings. The van der Waals surface area contributed by atoms with Gasteiger partial charge in [-0.1, -0.05) is 24.3 Å². The van der Waals surface area contributed by atoms with Crippen molar-refractivity contribution in [1.82, 2.24) is 0 Å². The maximum atomic E-state index is 11.7. The number of hydrogen-bond donors (Lipinski definition) is 0. The van der Waals surface area contributed by atoms with Crippen LogP contribution in [0.25, 0.3) is 21.8 Å². The Morgan fingerprint density at radius 2 is 1.37 bits per heavy atom. The minimum absolute atomic E-state index is 0. The Morgan fingerprint density at radius 1 is 0.947 bits per heavy atom. The van der Waals surface area contributed by atoms with Crippen molar-refractivity contribution in [3.05, 3.63) is 54.1 Å². The fourth-order valence-electron chi connectivity index (χ4n) is 2.44. The Labute approximate surface area is 122 Å². The lowest BCUT2D eigenvalue weighted by Gasteiger charge is -2.06. The molecule has 0 bridgehead atoms. The van der Waals surface area contributed by atoms with Crippen LogP contribution in [0.5, 0.6) is 0 Å². The molecule has 0 aliphatic carbocycles. The summed E-state index contributed by atoms with van der Waals surface area (Å²) in [7, 11) is 1.99. The summed E-state index contributed by atoms with van der Waals surface area (Å²) in [6.45, 7) is 0. The van der Waals surface area contributed by atoms with Crippen LogP contribution in [0.15, 0.2) is 48.5 Å². The van der Waals surface area contributed by atoms with Crippen LogP contribution in [0.1, 0.15) is 10.4 Å². The van der Waals surface area contributed by atoms with E-state index in [0.717, 1.165) is 21.8 Å². The summed E-state index contributed by atoms with van der Waals surface area (Å²) in [5, 5.41) is 1.36. The molecule has 1 heterocycles. The molecule has 0 aliphatic heterocycles. The van der Waals surface area contributed by atoms with Crippen molar-refractivity contribution in [2.45, 2.75) is 0 Å². The average molecular weight is 292 g/mol. The Hall–Kier alpha value is -1.64. The second-order valence-electron chi connectivity index (χ2n) is 4.24. The number of nitrogens with zero attached hydrogens (tertiary/aromatic N) is 1. The lowest BCUT2D eigenvalue weighted by atomic mass is 10.0. The highest BCUT2D eigenvalue weighted by Gasteiger charge is 2.20. The highest BCUT2D eigenvalue weighted by molar-refractivity contribution is 6.69. The molecule has 0 amide bonds. The van der Waals surface area contributed by atoms with Gasteiger partial charge in [0.05, 0.1) is 16.3 Å². The third kappa shape index (κ3) is 2.07. The summed E-state index contributed by atoms with van der Waals surface area (Å²) in [6, 6.07) is 15.6.